The summed E-state index contributed by atoms with van der Waals surface area (Å²) >= 11 is 7.34. The number of methoxy groups -OCH3 is 2. The lowest BCUT2D eigenvalue weighted by Crippen LogP contribution is -2.23. The minimum absolute atomic E-state index is 0.0726. The van der Waals surface area contributed by atoms with E-state index in [-0.39, 0.29) is 18.7 Å². The van der Waals surface area contributed by atoms with Crippen molar-refractivity contribution in [3.63, 3.8) is 0 Å². The van der Waals surface area contributed by atoms with Crippen molar-refractivity contribution in [1.82, 2.24) is 4.57 Å². The van der Waals surface area contributed by atoms with E-state index < -0.39 is 11.9 Å². The molecule has 0 fully saturated rings. The number of carbonyl (C=O) groups excluding carboxylic acids is 2. The molecule has 0 atom stereocenters. The standard InChI is InChI=1S/C20H19ClN2O5S/c1-4-28-17(24)11-23-14-9-8-12(21)10-16(14)29-20(23)22-19(25)13-6-5-7-15(26-2)18(13)27-3/h5-10H,4,11H2,1-3H3. The Morgan fingerprint density at radius 1 is 1.17 bits per heavy atom. The molecule has 3 aromatic rings. The van der Waals surface area contributed by atoms with Crippen LogP contribution in [0.4, 0.5) is 0 Å². The molecule has 0 spiro atoms. The van der Waals surface area contributed by atoms with E-state index in [9.17, 15) is 9.59 Å². The predicted molar refractivity (Wildman–Crippen MR) is 111 cm³/mol. The van der Waals surface area contributed by atoms with Crippen LogP contribution in [0.2, 0.25) is 5.02 Å². The van der Waals surface area contributed by atoms with Crippen LogP contribution in [-0.2, 0) is 16.1 Å². The van der Waals surface area contributed by atoms with Crippen molar-refractivity contribution in [3.05, 3.63) is 51.8 Å². The summed E-state index contributed by atoms with van der Waals surface area (Å²) in [7, 11) is 2.95. The summed E-state index contributed by atoms with van der Waals surface area (Å²) in [6.07, 6.45) is 0. The lowest BCUT2D eigenvalue weighted by Gasteiger charge is -2.10. The van der Waals surface area contributed by atoms with Gasteiger partial charge in [0.25, 0.3) is 5.91 Å². The molecule has 152 valence electrons. The number of aromatic nitrogens is 1. The van der Waals surface area contributed by atoms with E-state index in [0.717, 1.165) is 10.2 Å². The zero-order valence-corrected chi connectivity index (χ0v) is 17.7. The average molecular weight is 435 g/mol. The number of hydrogen-bond donors (Lipinski definition) is 0. The number of para-hydroxylation sites is 1. The van der Waals surface area contributed by atoms with Crippen molar-refractivity contribution in [2.75, 3.05) is 20.8 Å². The van der Waals surface area contributed by atoms with Gasteiger partial charge in [0.15, 0.2) is 16.3 Å². The summed E-state index contributed by atoms with van der Waals surface area (Å²) in [6, 6.07) is 10.2. The molecule has 1 heterocycles. The third kappa shape index (κ3) is 4.44. The first-order valence-electron chi connectivity index (χ1n) is 8.73. The molecule has 0 radical (unpaired) electrons. The van der Waals surface area contributed by atoms with Gasteiger partial charge >= 0.3 is 5.97 Å². The van der Waals surface area contributed by atoms with Gasteiger partial charge < -0.3 is 18.8 Å². The number of benzene rings is 2. The molecule has 2 aromatic carbocycles. The Morgan fingerprint density at radius 2 is 1.97 bits per heavy atom. The fourth-order valence-corrected chi connectivity index (χ4v) is 4.13. The summed E-state index contributed by atoms with van der Waals surface area (Å²) in [5.41, 5.74) is 0.988. The fourth-order valence-electron chi connectivity index (χ4n) is 2.82. The molecule has 1 amide bonds. The summed E-state index contributed by atoms with van der Waals surface area (Å²) in [6.45, 7) is 1.93. The maximum Gasteiger partial charge on any atom is 0.326 e. The highest BCUT2D eigenvalue weighted by Crippen LogP contribution is 2.31. The molecule has 0 N–H and O–H groups in total. The number of thiazole rings is 1. The van der Waals surface area contributed by atoms with Crippen molar-refractivity contribution in [2.24, 2.45) is 4.99 Å². The Bertz CT molecular complexity index is 1140. The Balaban J connectivity index is 2.14. The molecule has 7 nitrogen and oxygen atoms in total. The van der Waals surface area contributed by atoms with E-state index in [4.69, 9.17) is 25.8 Å². The number of amides is 1. The summed E-state index contributed by atoms with van der Waals surface area (Å²) in [5.74, 6) is -0.216. The number of ether oxygens (including phenoxy) is 3. The lowest BCUT2D eigenvalue weighted by atomic mass is 10.2. The summed E-state index contributed by atoms with van der Waals surface area (Å²) in [5, 5.41) is 0.550. The van der Waals surface area contributed by atoms with E-state index in [1.54, 1.807) is 47.9 Å². The zero-order valence-electron chi connectivity index (χ0n) is 16.1. The second kappa shape index (κ2) is 9.11. The van der Waals surface area contributed by atoms with E-state index >= 15 is 0 Å². The van der Waals surface area contributed by atoms with Gasteiger partial charge in [-0.05, 0) is 37.3 Å². The van der Waals surface area contributed by atoms with Gasteiger partial charge in [-0.2, -0.15) is 4.99 Å². The summed E-state index contributed by atoms with van der Waals surface area (Å²) in [4.78, 5) is 29.6. The Labute approximate surface area is 176 Å². The van der Waals surface area contributed by atoms with Crippen LogP contribution in [0.5, 0.6) is 11.5 Å². The fraction of sp³-hybridized carbons (Fsp3) is 0.250. The van der Waals surface area contributed by atoms with Gasteiger partial charge in [-0.1, -0.05) is 29.0 Å². The Hall–Kier alpha value is -2.84. The average Bonchev–Trinajstić information content (AvgIpc) is 3.03. The van der Waals surface area contributed by atoms with Gasteiger partial charge in [0.2, 0.25) is 0 Å². The van der Waals surface area contributed by atoms with Gasteiger partial charge in [-0.15, -0.1) is 0 Å². The Morgan fingerprint density at radius 3 is 2.66 bits per heavy atom. The van der Waals surface area contributed by atoms with E-state index in [1.165, 1.54) is 25.6 Å². The molecule has 0 aliphatic carbocycles. The van der Waals surface area contributed by atoms with Crippen LogP contribution in [0.15, 0.2) is 41.4 Å². The van der Waals surface area contributed by atoms with Crippen molar-refractivity contribution >= 4 is 45.0 Å². The van der Waals surface area contributed by atoms with Crippen LogP contribution in [-0.4, -0.2) is 37.3 Å². The highest BCUT2D eigenvalue weighted by atomic mass is 35.5. The molecule has 0 bridgehead atoms. The van der Waals surface area contributed by atoms with Crippen LogP contribution in [0.25, 0.3) is 10.2 Å². The van der Waals surface area contributed by atoms with Gasteiger partial charge in [-0.3, -0.25) is 9.59 Å². The van der Waals surface area contributed by atoms with Crippen molar-refractivity contribution in [2.45, 2.75) is 13.5 Å². The number of hydrogen-bond acceptors (Lipinski definition) is 6. The highest BCUT2D eigenvalue weighted by molar-refractivity contribution is 7.16. The molecular formula is C20H19ClN2O5S. The number of fused-ring (bicyclic) bond motifs is 1. The molecular weight excluding hydrogens is 416 g/mol. The highest BCUT2D eigenvalue weighted by Gasteiger charge is 2.18. The largest absolute Gasteiger partial charge is 0.493 e. The number of esters is 1. The first-order valence-corrected chi connectivity index (χ1v) is 9.92. The molecule has 3 rings (SSSR count). The van der Waals surface area contributed by atoms with Crippen LogP contribution in [0.1, 0.15) is 17.3 Å². The molecule has 1 aromatic heterocycles. The lowest BCUT2D eigenvalue weighted by molar-refractivity contribution is -0.143. The van der Waals surface area contributed by atoms with Crippen molar-refractivity contribution < 1.29 is 23.8 Å². The van der Waals surface area contributed by atoms with Crippen LogP contribution < -0.4 is 14.3 Å². The molecule has 0 saturated heterocycles. The first kappa shape index (κ1) is 20.9. The normalized spacial score (nSPS) is 11.5. The third-order valence-electron chi connectivity index (χ3n) is 4.07. The Kier molecular flexibility index (Phi) is 6.56. The molecule has 0 saturated carbocycles. The molecule has 0 aliphatic heterocycles. The van der Waals surface area contributed by atoms with E-state index in [2.05, 4.69) is 4.99 Å². The quantitative estimate of drug-likeness (QED) is 0.553. The topological polar surface area (TPSA) is 79.1 Å². The van der Waals surface area contributed by atoms with Crippen LogP contribution in [0.3, 0.4) is 0 Å². The van der Waals surface area contributed by atoms with E-state index in [0.29, 0.717) is 21.3 Å². The monoisotopic (exact) mass is 434 g/mol. The zero-order chi connectivity index (χ0) is 21.0. The van der Waals surface area contributed by atoms with Crippen LogP contribution >= 0.6 is 22.9 Å². The third-order valence-corrected chi connectivity index (χ3v) is 5.34. The van der Waals surface area contributed by atoms with Gasteiger partial charge in [0.1, 0.15) is 6.54 Å². The maximum absolute atomic E-state index is 12.9. The molecule has 0 aliphatic rings. The molecule has 9 heteroatoms. The minimum Gasteiger partial charge on any atom is -0.493 e. The van der Waals surface area contributed by atoms with Gasteiger partial charge in [0.05, 0.1) is 36.6 Å². The number of rotatable bonds is 6. The molecule has 0 unspecified atom stereocenters. The number of carbonyl (C=O) groups is 2. The van der Waals surface area contributed by atoms with Crippen LogP contribution in [0, 0.1) is 0 Å². The predicted octanol–water partition coefficient (Wildman–Crippen LogP) is 3.68. The number of halogens is 1. The second-order valence-electron chi connectivity index (χ2n) is 5.85. The van der Waals surface area contributed by atoms with E-state index in [1.807, 2.05) is 0 Å². The van der Waals surface area contributed by atoms with Gasteiger partial charge in [0, 0.05) is 5.02 Å². The van der Waals surface area contributed by atoms with Gasteiger partial charge in [-0.25, -0.2) is 0 Å². The first-order chi connectivity index (χ1) is 14.0. The molecule has 29 heavy (non-hydrogen) atoms. The minimum atomic E-state index is -0.518. The maximum atomic E-state index is 12.9. The SMILES string of the molecule is CCOC(=O)Cn1c(=NC(=O)c2cccc(OC)c2OC)sc2cc(Cl)ccc21. The van der Waals surface area contributed by atoms with Crippen molar-refractivity contribution in [1.29, 1.82) is 0 Å². The second-order valence-corrected chi connectivity index (χ2v) is 7.29. The van der Waals surface area contributed by atoms with Crippen molar-refractivity contribution in [3.8, 4) is 11.5 Å². The smallest absolute Gasteiger partial charge is 0.326 e. The number of nitrogens with zero attached hydrogens (tertiary/aromatic N) is 2. The summed E-state index contributed by atoms with van der Waals surface area (Å²) < 4.78 is 18.1.